The van der Waals surface area contributed by atoms with E-state index in [1.54, 1.807) is 0 Å². The first kappa shape index (κ1) is 13.3. The largest absolute Gasteiger partial charge is 0.375 e. The average molecular weight is 267 g/mol. The molecule has 100 valence electrons. The number of hydrogen-bond donors (Lipinski definition) is 2. The van der Waals surface area contributed by atoms with Gasteiger partial charge in [-0.1, -0.05) is 32.1 Å². The van der Waals surface area contributed by atoms with Crippen molar-refractivity contribution in [1.82, 2.24) is 10.3 Å². The first-order chi connectivity index (χ1) is 8.74. The van der Waals surface area contributed by atoms with Crippen molar-refractivity contribution in [1.29, 1.82) is 0 Å². The molecule has 4 nitrogen and oxygen atoms in total. The molecule has 1 aromatic heterocycles. The van der Waals surface area contributed by atoms with Crippen LogP contribution in [0.5, 0.6) is 0 Å². The van der Waals surface area contributed by atoms with E-state index >= 15 is 0 Å². The first-order valence-corrected chi connectivity index (χ1v) is 7.61. The molecule has 0 bridgehead atoms. The third kappa shape index (κ3) is 4.29. The van der Waals surface area contributed by atoms with Gasteiger partial charge in [-0.05, 0) is 12.8 Å². The number of anilines is 1. The van der Waals surface area contributed by atoms with Gasteiger partial charge in [-0.3, -0.25) is 4.79 Å². The Kier molecular flexibility index (Phi) is 4.99. The maximum absolute atomic E-state index is 11.9. The maximum atomic E-state index is 11.9. The highest BCUT2D eigenvalue weighted by molar-refractivity contribution is 7.13. The Morgan fingerprint density at radius 1 is 1.33 bits per heavy atom. The molecule has 0 unspecified atom stereocenters. The van der Waals surface area contributed by atoms with E-state index in [0.29, 0.717) is 17.6 Å². The van der Waals surface area contributed by atoms with Crippen molar-refractivity contribution in [2.45, 2.75) is 57.4 Å². The second-order valence-corrected chi connectivity index (χ2v) is 5.85. The fourth-order valence-corrected chi connectivity index (χ4v) is 3.01. The summed E-state index contributed by atoms with van der Waals surface area (Å²) in [5, 5.41) is 5.51. The van der Waals surface area contributed by atoms with Gasteiger partial charge in [0.25, 0.3) is 0 Å². The predicted molar refractivity (Wildman–Crippen MR) is 74.5 cm³/mol. The number of amides is 1. The lowest BCUT2D eigenvalue weighted by Crippen LogP contribution is -2.36. The minimum absolute atomic E-state index is 0.0749. The lowest BCUT2D eigenvalue weighted by Gasteiger charge is -2.20. The molecule has 1 aromatic rings. The van der Waals surface area contributed by atoms with Crippen LogP contribution in [0.4, 0.5) is 5.13 Å². The Hall–Kier alpha value is -1.10. The van der Waals surface area contributed by atoms with Crippen LogP contribution in [-0.4, -0.2) is 16.9 Å². The average Bonchev–Trinajstić information content (AvgIpc) is 2.67. The van der Waals surface area contributed by atoms with Crippen LogP contribution < -0.4 is 11.1 Å². The molecule has 5 heteroatoms. The van der Waals surface area contributed by atoms with E-state index in [0.717, 1.165) is 18.5 Å². The molecule has 0 saturated heterocycles. The first-order valence-electron chi connectivity index (χ1n) is 6.73. The van der Waals surface area contributed by atoms with Gasteiger partial charge in [-0.25, -0.2) is 4.98 Å². The topological polar surface area (TPSA) is 68.0 Å². The van der Waals surface area contributed by atoms with E-state index in [9.17, 15) is 4.79 Å². The van der Waals surface area contributed by atoms with E-state index in [2.05, 4.69) is 10.3 Å². The molecule has 1 aliphatic rings. The Bertz CT molecular complexity index is 383. The zero-order chi connectivity index (χ0) is 12.8. The van der Waals surface area contributed by atoms with Crippen molar-refractivity contribution in [2.75, 3.05) is 5.73 Å². The number of nitrogens with one attached hydrogen (secondary N) is 1. The van der Waals surface area contributed by atoms with Crippen molar-refractivity contribution < 1.29 is 4.79 Å². The van der Waals surface area contributed by atoms with Crippen LogP contribution in [0, 0.1) is 0 Å². The summed E-state index contributed by atoms with van der Waals surface area (Å²) >= 11 is 1.39. The van der Waals surface area contributed by atoms with Crippen LogP contribution in [0.2, 0.25) is 0 Å². The molecule has 3 N–H and O–H groups in total. The van der Waals surface area contributed by atoms with E-state index in [-0.39, 0.29) is 5.91 Å². The molecule has 1 fully saturated rings. The van der Waals surface area contributed by atoms with Crippen LogP contribution in [-0.2, 0) is 11.2 Å². The molecular weight excluding hydrogens is 246 g/mol. The molecular formula is C13H21N3OS. The van der Waals surface area contributed by atoms with Gasteiger partial charge in [-0.15, -0.1) is 11.3 Å². The van der Waals surface area contributed by atoms with E-state index in [1.165, 1.54) is 43.4 Å². The maximum Gasteiger partial charge on any atom is 0.226 e. The van der Waals surface area contributed by atoms with E-state index in [1.807, 2.05) is 5.38 Å². The molecule has 0 radical (unpaired) electrons. The van der Waals surface area contributed by atoms with E-state index in [4.69, 9.17) is 5.73 Å². The normalized spacial score (nSPS) is 18.0. The summed E-state index contributed by atoms with van der Waals surface area (Å²) in [7, 11) is 0. The number of aromatic nitrogens is 1. The molecule has 1 saturated carbocycles. The number of carbonyl (C=O) groups is 1. The minimum Gasteiger partial charge on any atom is -0.375 e. The Labute approximate surface area is 112 Å². The number of nitrogens with two attached hydrogens (primary N) is 1. The zero-order valence-corrected chi connectivity index (χ0v) is 11.5. The lowest BCUT2D eigenvalue weighted by atomic mass is 9.96. The van der Waals surface area contributed by atoms with Crippen LogP contribution in [0.3, 0.4) is 0 Å². The fourth-order valence-electron chi connectivity index (χ4n) is 2.45. The number of carbonyl (C=O) groups excluding carboxylic acids is 1. The lowest BCUT2D eigenvalue weighted by molar-refractivity contribution is -0.121. The van der Waals surface area contributed by atoms with Crippen molar-refractivity contribution in [2.24, 2.45) is 0 Å². The Balaban J connectivity index is 1.78. The zero-order valence-electron chi connectivity index (χ0n) is 10.7. The van der Waals surface area contributed by atoms with Crippen molar-refractivity contribution >= 4 is 22.4 Å². The van der Waals surface area contributed by atoms with Crippen LogP contribution in [0.15, 0.2) is 5.38 Å². The van der Waals surface area contributed by atoms with Crippen LogP contribution in [0.1, 0.15) is 50.6 Å². The molecule has 0 aromatic carbocycles. The van der Waals surface area contributed by atoms with Gasteiger partial charge in [-0.2, -0.15) is 0 Å². The van der Waals surface area contributed by atoms with Gasteiger partial charge >= 0.3 is 0 Å². The number of nitrogen functional groups attached to an aromatic ring is 1. The third-order valence-electron chi connectivity index (χ3n) is 3.38. The molecule has 0 aliphatic heterocycles. The van der Waals surface area contributed by atoms with Crippen molar-refractivity contribution in [3.05, 3.63) is 11.1 Å². The summed E-state index contributed by atoms with van der Waals surface area (Å²) in [6, 6.07) is 0.355. The molecule has 1 heterocycles. The van der Waals surface area contributed by atoms with Crippen molar-refractivity contribution in [3.8, 4) is 0 Å². The highest BCUT2D eigenvalue weighted by atomic mass is 32.1. The second-order valence-electron chi connectivity index (χ2n) is 4.96. The van der Waals surface area contributed by atoms with Gasteiger partial charge < -0.3 is 11.1 Å². The van der Waals surface area contributed by atoms with Gasteiger partial charge in [0.2, 0.25) is 5.91 Å². The number of nitrogens with zero attached hydrogens (tertiary/aromatic N) is 1. The van der Waals surface area contributed by atoms with Crippen LogP contribution >= 0.6 is 11.3 Å². The third-order valence-corrected chi connectivity index (χ3v) is 4.10. The second kappa shape index (κ2) is 6.73. The molecule has 18 heavy (non-hydrogen) atoms. The van der Waals surface area contributed by atoms with Crippen LogP contribution in [0.25, 0.3) is 0 Å². The number of hydrogen-bond acceptors (Lipinski definition) is 4. The van der Waals surface area contributed by atoms with Crippen molar-refractivity contribution in [3.63, 3.8) is 0 Å². The Morgan fingerprint density at radius 3 is 2.61 bits per heavy atom. The van der Waals surface area contributed by atoms with Gasteiger partial charge in [0, 0.05) is 11.4 Å². The summed E-state index contributed by atoms with van der Waals surface area (Å²) in [6.45, 7) is 0. The summed E-state index contributed by atoms with van der Waals surface area (Å²) in [5.74, 6) is 0.0749. The summed E-state index contributed by atoms with van der Waals surface area (Å²) < 4.78 is 0. The van der Waals surface area contributed by atoms with E-state index < -0.39 is 0 Å². The standard InChI is InChI=1S/C13H21N3OS/c14-13-16-11(9-18-13)8-12(17)15-10-6-4-2-1-3-5-7-10/h9-10H,1-8H2,(H2,14,16)(H,15,17). The monoisotopic (exact) mass is 267 g/mol. The highest BCUT2D eigenvalue weighted by Crippen LogP contribution is 2.17. The molecule has 1 amide bonds. The SMILES string of the molecule is Nc1nc(CC(=O)NC2CCCCCCC2)cs1. The smallest absolute Gasteiger partial charge is 0.226 e. The molecule has 0 spiro atoms. The predicted octanol–water partition coefficient (Wildman–Crippen LogP) is 2.50. The molecule has 1 aliphatic carbocycles. The molecule has 2 rings (SSSR count). The molecule has 0 atom stereocenters. The highest BCUT2D eigenvalue weighted by Gasteiger charge is 2.14. The Morgan fingerprint density at radius 2 is 2.00 bits per heavy atom. The van der Waals surface area contributed by atoms with Gasteiger partial charge in [0.15, 0.2) is 5.13 Å². The fraction of sp³-hybridized carbons (Fsp3) is 0.692. The number of rotatable bonds is 3. The van der Waals surface area contributed by atoms with Gasteiger partial charge in [0.05, 0.1) is 12.1 Å². The minimum atomic E-state index is 0.0749. The number of thiazole rings is 1. The quantitative estimate of drug-likeness (QED) is 0.884. The summed E-state index contributed by atoms with van der Waals surface area (Å²) in [6.07, 6.45) is 8.99. The summed E-state index contributed by atoms with van der Waals surface area (Å²) in [4.78, 5) is 16.0. The summed E-state index contributed by atoms with van der Waals surface area (Å²) in [5.41, 5.74) is 6.33. The van der Waals surface area contributed by atoms with Gasteiger partial charge in [0.1, 0.15) is 0 Å².